The van der Waals surface area contributed by atoms with Gasteiger partial charge in [0.05, 0.1) is 11.8 Å². The molecule has 0 amide bonds. The Labute approximate surface area is 330 Å². The van der Waals surface area contributed by atoms with Gasteiger partial charge in [-0.1, -0.05) is 43.8 Å². The second kappa shape index (κ2) is 24.9. The quantitative estimate of drug-likeness (QED) is 0.0633. The summed E-state index contributed by atoms with van der Waals surface area (Å²) in [7, 11) is 0. The van der Waals surface area contributed by atoms with Gasteiger partial charge in [0, 0.05) is 50.3 Å². The van der Waals surface area contributed by atoms with E-state index in [-0.39, 0.29) is 18.5 Å². The standard InChI is InChI=1S/C14H10N2O2.C11H8INO.3C4H9.C3H2NO.CH4.N2.Sn/c17-13-7-6-11(14-15-8-9-18-14)10-16(13)12-4-2-1-3-5-12;12-9-6-7-11(14)13(8-9)10-4-2-1-3-5-10;3*1-3-4-2;1-2-5-3-4-1;;1-2;/h1-10H;1-8H;3*1,3-4H2,2H3;1-2H;1H4;;. The monoisotopic (exact) mass is 938 g/mol. The zero-order valence-corrected chi connectivity index (χ0v) is 35.1. The molecule has 0 bridgehead atoms. The molecular weight excluding hydrogens is 886 g/mol. The molecule has 0 atom stereocenters. The number of para-hydroxylation sites is 2. The molecule has 0 saturated heterocycles. The molecule has 0 N–H and O–H groups in total. The minimum atomic E-state index is -2.31. The number of unbranched alkanes of at least 4 members (excludes halogenated alkanes) is 3. The zero-order chi connectivity index (χ0) is 37.6. The Kier molecular flexibility index (Phi) is 21.0. The van der Waals surface area contributed by atoms with E-state index in [9.17, 15) is 9.59 Å². The van der Waals surface area contributed by atoms with E-state index in [1.54, 1.807) is 39.9 Å². The summed E-state index contributed by atoms with van der Waals surface area (Å²) < 4.78 is 20.8. The van der Waals surface area contributed by atoms with Gasteiger partial charge in [0.15, 0.2) is 0 Å². The van der Waals surface area contributed by atoms with Crippen molar-refractivity contribution in [1.82, 2.24) is 19.1 Å². The van der Waals surface area contributed by atoms with E-state index < -0.39 is 18.4 Å². The summed E-state index contributed by atoms with van der Waals surface area (Å²) in [6, 6.07) is 25.6. The van der Waals surface area contributed by atoms with E-state index in [1.807, 2.05) is 79.1 Å². The average Bonchev–Trinajstić information content (AvgIpc) is 3.95. The normalized spacial score (nSPS) is 10.3. The first-order valence-electron chi connectivity index (χ1n) is 17.6. The summed E-state index contributed by atoms with van der Waals surface area (Å²) in [4.78, 5) is 32.0. The molecule has 6 rings (SSSR count). The molecule has 53 heavy (non-hydrogen) atoms. The van der Waals surface area contributed by atoms with E-state index >= 15 is 0 Å². The molecular formula is C41H51IN6O4Sn. The van der Waals surface area contributed by atoms with Crippen molar-refractivity contribution in [2.45, 2.75) is 80.0 Å². The van der Waals surface area contributed by atoms with Crippen molar-refractivity contribution in [3.05, 3.63) is 147 Å². The maximum atomic E-state index is 11.9. The average molecular weight is 938 g/mol. The van der Waals surface area contributed by atoms with Crippen molar-refractivity contribution in [3.63, 3.8) is 0 Å². The number of rotatable bonds is 13. The molecule has 0 aliphatic heterocycles. The van der Waals surface area contributed by atoms with Gasteiger partial charge in [-0.05, 0) is 59.0 Å². The van der Waals surface area contributed by atoms with Gasteiger partial charge in [0.2, 0.25) is 5.89 Å². The number of halogens is 1. The number of aromatic nitrogens is 4. The Balaban J connectivity index is 0.000000268. The summed E-state index contributed by atoms with van der Waals surface area (Å²) in [6.07, 6.45) is 18.3. The number of pyridine rings is 2. The second-order valence-electron chi connectivity index (χ2n) is 12.1. The molecule has 0 fully saturated rings. The summed E-state index contributed by atoms with van der Waals surface area (Å²) >= 11 is -0.121. The molecule has 6 aromatic rings. The van der Waals surface area contributed by atoms with Crippen LogP contribution >= 0.6 is 22.6 Å². The fourth-order valence-corrected chi connectivity index (χ4v) is 20.9. The summed E-state index contributed by atoms with van der Waals surface area (Å²) in [5.74, 6) is 0.500. The van der Waals surface area contributed by atoms with E-state index in [0.717, 1.165) is 20.5 Å². The molecule has 0 radical (unpaired) electrons. The maximum Gasteiger partial charge on any atom is 0.255 e. The molecule has 0 unspecified atom stereocenters. The molecule has 2 aromatic carbocycles. The predicted octanol–water partition coefficient (Wildman–Crippen LogP) is 10.3. The first-order valence-corrected chi connectivity index (χ1v) is 26.2. The predicted molar refractivity (Wildman–Crippen MR) is 224 cm³/mol. The van der Waals surface area contributed by atoms with Crippen molar-refractivity contribution in [2.75, 3.05) is 0 Å². The minimum absolute atomic E-state index is 0. The molecule has 4 aromatic heterocycles. The van der Waals surface area contributed by atoms with Gasteiger partial charge in [-0.2, -0.15) is 0 Å². The van der Waals surface area contributed by atoms with Gasteiger partial charge >= 0.3 is 117 Å². The first kappa shape index (κ1) is 44.9. The molecule has 0 spiro atoms. The summed E-state index contributed by atoms with van der Waals surface area (Å²) in [6.45, 7) is 6.89. The van der Waals surface area contributed by atoms with Crippen LogP contribution in [0.2, 0.25) is 13.3 Å². The van der Waals surface area contributed by atoms with E-state index in [4.69, 9.17) is 19.6 Å². The summed E-state index contributed by atoms with van der Waals surface area (Å²) in [5.41, 5.74) is 2.39. The Bertz CT molecular complexity index is 1960. The van der Waals surface area contributed by atoms with Crippen LogP contribution in [0.15, 0.2) is 141 Å². The van der Waals surface area contributed by atoms with Crippen LogP contribution in [0, 0.1) is 14.4 Å². The third-order valence-electron chi connectivity index (χ3n) is 8.45. The van der Waals surface area contributed by atoms with E-state index in [1.165, 1.54) is 68.1 Å². The van der Waals surface area contributed by atoms with Crippen molar-refractivity contribution in [1.29, 1.82) is 10.8 Å². The van der Waals surface area contributed by atoms with Crippen LogP contribution in [-0.4, -0.2) is 37.5 Å². The van der Waals surface area contributed by atoms with Gasteiger partial charge in [-0.25, -0.2) is 4.98 Å². The van der Waals surface area contributed by atoms with E-state index in [0.29, 0.717) is 5.89 Å². The number of nitrogens with zero attached hydrogens (tertiary/aromatic N) is 6. The van der Waals surface area contributed by atoms with Crippen molar-refractivity contribution in [2.24, 2.45) is 0 Å². The number of hydrogen-bond acceptors (Lipinski definition) is 8. The largest absolute Gasteiger partial charge is 0.444 e. The number of oxazole rings is 2. The van der Waals surface area contributed by atoms with Gasteiger partial charge in [0.25, 0.3) is 11.1 Å². The fraction of sp³-hybridized carbons (Fsp3) is 0.317. The fourth-order valence-electron chi connectivity index (χ4n) is 5.75. The smallest absolute Gasteiger partial charge is 0.255 e. The molecule has 10 nitrogen and oxygen atoms in total. The first-order chi connectivity index (χ1) is 25.4. The maximum absolute atomic E-state index is 11.9. The third kappa shape index (κ3) is 13.9. The van der Waals surface area contributed by atoms with Crippen molar-refractivity contribution < 1.29 is 8.83 Å². The second-order valence-corrected chi connectivity index (χ2v) is 26.2. The van der Waals surface area contributed by atoms with Crippen LogP contribution in [0.3, 0.4) is 0 Å². The SMILES string of the molecule is C.CCC[CH2][Sn]([CH2]CCC)([CH2]CCC)[c]1ncco1.N#N.O=c1ccc(-c2ncco2)cn1-c1ccccc1.O=c1ccc(I)cn1-c1ccccc1. The van der Waals surface area contributed by atoms with E-state index in [2.05, 4.69) is 53.3 Å². The van der Waals surface area contributed by atoms with Crippen molar-refractivity contribution in [3.8, 4) is 22.8 Å². The van der Waals surface area contributed by atoms with Gasteiger partial charge in [0.1, 0.15) is 6.26 Å². The molecule has 280 valence electrons. The van der Waals surface area contributed by atoms with Crippen LogP contribution in [0.4, 0.5) is 0 Å². The third-order valence-corrected chi connectivity index (χ3v) is 23.6. The van der Waals surface area contributed by atoms with Crippen LogP contribution < -0.4 is 15.0 Å². The summed E-state index contributed by atoms with van der Waals surface area (Å²) in [5, 5.41) is 12.0. The molecule has 0 aliphatic carbocycles. The molecule has 12 heteroatoms. The topological polar surface area (TPSA) is 144 Å². The molecule has 4 heterocycles. The molecule has 0 saturated carbocycles. The van der Waals surface area contributed by atoms with Crippen LogP contribution in [-0.2, 0) is 0 Å². The minimum Gasteiger partial charge on any atom is -0.444 e. The van der Waals surface area contributed by atoms with Crippen LogP contribution in [0.5, 0.6) is 0 Å². The van der Waals surface area contributed by atoms with Crippen LogP contribution in [0.1, 0.15) is 66.7 Å². The number of hydrogen-bond donors (Lipinski definition) is 0. The van der Waals surface area contributed by atoms with Crippen molar-refractivity contribution >= 4 is 44.9 Å². The Hall–Kier alpha value is -4.29. The molecule has 0 aliphatic rings. The van der Waals surface area contributed by atoms with Gasteiger partial charge in [-0.3, -0.25) is 18.7 Å². The Morgan fingerprint density at radius 2 is 1.11 bits per heavy atom. The zero-order valence-electron chi connectivity index (χ0n) is 30.1. The Morgan fingerprint density at radius 1 is 0.642 bits per heavy atom. The van der Waals surface area contributed by atoms with Gasteiger partial charge in [-0.15, -0.1) is 0 Å². The van der Waals surface area contributed by atoms with Crippen LogP contribution in [0.25, 0.3) is 22.8 Å². The number of benzene rings is 2. The Morgan fingerprint density at radius 3 is 1.57 bits per heavy atom. The van der Waals surface area contributed by atoms with Gasteiger partial charge < -0.3 is 4.42 Å².